The molecule has 15 heavy (non-hydrogen) atoms. The van der Waals surface area contributed by atoms with Crippen molar-refractivity contribution in [1.29, 1.82) is 0 Å². The normalized spacial score (nSPS) is 15.3. The summed E-state index contributed by atoms with van der Waals surface area (Å²) in [7, 11) is 0. The molecule has 0 radical (unpaired) electrons. The van der Waals surface area contributed by atoms with Crippen LogP contribution in [0.2, 0.25) is 0 Å². The van der Waals surface area contributed by atoms with Crippen molar-refractivity contribution in [2.75, 3.05) is 0 Å². The summed E-state index contributed by atoms with van der Waals surface area (Å²) in [6, 6.07) is 5.90. The fourth-order valence-electron chi connectivity index (χ4n) is 1.21. The Hall–Kier alpha value is 0.350. The summed E-state index contributed by atoms with van der Waals surface area (Å²) >= 11 is 13.8. The Kier molecular flexibility index (Phi) is 3.70. The van der Waals surface area contributed by atoms with Gasteiger partial charge < -0.3 is 0 Å². The van der Waals surface area contributed by atoms with Gasteiger partial charge in [-0.3, -0.25) is 3.93 Å². The SMILES string of the molecule is BrC1=CN(Br)C(Br)=c2c(Br)cccc2=N1. The van der Waals surface area contributed by atoms with E-state index in [9.17, 15) is 0 Å². The molecule has 0 bridgehead atoms. The van der Waals surface area contributed by atoms with Crippen LogP contribution in [0, 0.1) is 0 Å². The molecule has 1 aromatic carbocycles. The van der Waals surface area contributed by atoms with Crippen LogP contribution in [0.3, 0.4) is 0 Å². The molecule has 78 valence electrons. The number of hydrogen-bond acceptors (Lipinski definition) is 2. The Bertz CT molecular complexity index is 550. The monoisotopic (exact) mass is 456 g/mol. The maximum absolute atomic E-state index is 4.43. The van der Waals surface area contributed by atoms with E-state index in [0.717, 1.165) is 24.3 Å². The van der Waals surface area contributed by atoms with Gasteiger partial charge in [0.05, 0.1) is 21.5 Å². The topological polar surface area (TPSA) is 15.6 Å². The van der Waals surface area contributed by atoms with Gasteiger partial charge in [-0.25, -0.2) is 4.99 Å². The first-order valence-corrected chi connectivity index (χ1v) is 7.04. The molecule has 1 aliphatic rings. The fraction of sp³-hybridized carbons (Fsp3) is 0. The van der Waals surface area contributed by atoms with Crippen molar-refractivity contribution in [1.82, 2.24) is 3.93 Å². The second-order valence-corrected chi connectivity index (χ2v) is 5.98. The highest BCUT2D eigenvalue weighted by molar-refractivity contribution is 9.16. The minimum absolute atomic E-state index is 0.758. The third-order valence-electron chi connectivity index (χ3n) is 1.83. The van der Waals surface area contributed by atoms with E-state index in [2.05, 4.69) is 68.9 Å². The van der Waals surface area contributed by atoms with Crippen molar-refractivity contribution >= 4 is 68.5 Å². The average Bonchev–Trinajstić information content (AvgIpc) is 2.26. The first-order chi connectivity index (χ1) is 7.09. The van der Waals surface area contributed by atoms with Gasteiger partial charge in [-0.05, 0) is 59.9 Å². The van der Waals surface area contributed by atoms with Crippen molar-refractivity contribution in [2.24, 2.45) is 4.99 Å². The number of benzene rings is 1. The molecule has 0 unspecified atom stereocenters. The lowest BCUT2D eigenvalue weighted by atomic mass is 10.3. The van der Waals surface area contributed by atoms with Crippen LogP contribution in [-0.4, -0.2) is 3.93 Å². The number of nitrogens with zero attached hydrogens (tertiary/aromatic N) is 2. The van der Waals surface area contributed by atoms with Gasteiger partial charge in [0, 0.05) is 15.9 Å². The summed E-state index contributed by atoms with van der Waals surface area (Å²) < 4.78 is 4.45. The summed E-state index contributed by atoms with van der Waals surface area (Å²) in [5, 5.41) is 1.92. The molecule has 2 rings (SSSR count). The number of hydrogen-bond donors (Lipinski definition) is 0. The quantitative estimate of drug-likeness (QED) is 0.429. The lowest BCUT2D eigenvalue weighted by Gasteiger charge is -2.08. The molecule has 0 atom stereocenters. The highest BCUT2D eigenvalue weighted by Crippen LogP contribution is 2.22. The highest BCUT2D eigenvalue weighted by atomic mass is 79.9. The van der Waals surface area contributed by atoms with Gasteiger partial charge in [0.1, 0.15) is 9.21 Å². The van der Waals surface area contributed by atoms with E-state index in [1.165, 1.54) is 0 Å². The molecule has 2 nitrogen and oxygen atoms in total. The van der Waals surface area contributed by atoms with Crippen LogP contribution in [0.4, 0.5) is 0 Å². The molecule has 0 spiro atoms. The Morgan fingerprint density at radius 3 is 2.60 bits per heavy atom. The summed E-state index contributed by atoms with van der Waals surface area (Å²) in [5.74, 6) is 0. The zero-order valence-corrected chi connectivity index (χ0v) is 13.6. The zero-order chi connectivity index (χ0) is 11.0. The molecular weight excluding hydrogens is 456 g/mol. The lowest BCUT2D eigenvalue weighted by Crippen LogP contribution is -2.28. The van der Waals surface area contributed by atoms with Gasteiger partial charge in [0.2, 0.25) is 0 Å². The molecule has 0 N–H and O–H groups in total. The van der Waals surface area contributed by atoms with Gasteiger partial charge in [0.25, 0.3) is 0 Å². The molecule has 0 saturated carbocycles. The molecule has 0 saturated heterocycles. The van der Waals surface area contributed by atoms with Crippen molar-refractivity contribution < 1.29 is 0 Å². The smallest absolute Gasteiger partial charge is 0.123 e. The number of rotatable bonds is 0. The summed E-state index contributed by atoms with van der Waals surface area (Å²) in [4.78, 5) is 4.43. The van der Waals surface area contributed by atoms with E-state index < -0.39 is 0 Å². The van der Waals surface area contributed by atoms with Gasteiger partial charge in [-0.15, -0.1) is 0 Å². The lowest BCUT2D eigenvalue weighted by molar-refractivity contribution is 0.940. The van der Waals surface area contributed by atoms with E-state index in [0.29, 0.717) is 0 Å². The van der Waals surface area contributed by atoms with Crippen molar-refractivity contribution in [2.45, 2.75) is 0 Å². The van der Waals surface area contributed by atoms with Crippen molar-refractivity contribution in [3.05, 3.63) is 44.1 Å². The zero-order valence-electron chi connectivity index (χ0n) is 7.22. The van der Waals surface area contributed by atoms with Gasteiger partial charge >= 0.3 is 0 Å². The van der Waals surface area contributed by atoms with E-state index in [4.69, 9.17) is 0 Å². The second-order valence-electron chi connectivity index (χ2n) is 2.80. The van der Waals surface area contributed by atoms with Crippen molar-refractivity contribution in [3.63, 3.8) is 0 Å². The molecule has 1 heterocycles. The predicted octanol–water partition coefficient (Wildman–Crippen LogP) is 3.35. The maximum Gasteiger partial charge on any atom is 0.123 e. The Balaban J connectivity index is 2.93. The van der Waals surface area contributed by atoms with E-state index in [1.807, 2.05) is 24.4 Å². The number of fused-ring (bicyclic) bond motifs is 1. The first-order valence-electron chi connectivity index (χ1n) is 3.95. The summed E-state index contributed by atoms with van der Waals surface area (Å²) in [6.45, 7) is 0. The Labute approximate surface area is 120 Å². The van der Waals surface area contributed by atoms with E-state index in [-0.39, 0.29) is 0 Å². The molecule has 1 aromatic rings. The fourth-order valence-corrected chi connectivity index (χ4v) is 3.58. The van der Waals surface area contributed by atoms with Gasteiger partial charge in [-0.1, -0.05) is 6.07 Å². The highest BCUT2D eigenvalue weighted by Gasteiger charge is 2.09. The Morgan fingerprint density at radius 1 is 1.13 bits per heavy atom. The average molecular weight is 460 g/mol. The van der Waals surface area contributed by atoms with Crippen molar-refractivity contribution in [3.8, 4) is 0 Å². The van der Waals surface area contributed by atoms with Crippen LogP contribution in [0.1, 0.15) is 0 Å². The van der Waals surface area contributed by atoms with Crippen LogP contribution in [0.25, 0.3) is 4.61 Å². The van der Waals surface area contributed by atoms with Gasteiger partial charge in [-0.2, -0.15) is 0 Å². The van der Waals surface area contributed by atoms with Crippen LogP contribution >= 0.6 is 63.9 Å². The molecule has 0 fully saturated rings. The summed E-state index contributed by atoms with van der Waals surface area (Å²) in [6.07, 6.45) is 1.83. The molecule has 0 aromatic heterocycles. The number of halogens is 4. The largest absolute Gasteiger partial charge is 0.274 e. The molecular formula is C9H4Br4N2. The third kappa shape index (κ3) is 2.38. The standard InChI is InChI=1S/C9H4Br4N2/c10-5-2-1-3-6-8(5)9(12)15(13)4-7(11)14-6/h1-4H. The van der Waals surface area contributed by atoms with Crippen LogP contribution in [0.15, 0.2) is 38.5 Å². The van der Waals surface area contributed by atoms with Crippen LogP contribution in [-0.2, 0) is 0 Å². The van der Waals surface area contributed by atoms with E-state index in [1.54, 1.807) is 3.93 Å². The third-order valence-corrected chi connectivity index (χ3v) is 4.69. The maximum atomic E-state index is 4.43. The molecule has 0 aliphatic carbocycles. The van der Waals surface area contributed by atoms with Crippen LogP contribution < -0.4 is 10.6 Å². The van der Waals surface area contributed by atoms with Gasteiger partial charge in [0.15, 0.2) is 0 Å². The second kappa shape index (κ2) is 4.69. The summed E-state index contributed by atoms with van der Waals surface area (Å²) in [5.41, 5.74) is 0. The first kappa shape index (κ1) is 11.8. The minimum atomic E-state index is 0.758. The molecule has 6 heteroatoms. The Morgan fingerprint density at radius 2 is 1.87 bits per heavy atom. The van der Waals surface area contributed by atoms with Crippen LogP contribution in [0.5, 0.6) is 0 Å². The molecule has 1 aliphatic heterocycles. The van der Waals surface area contributed by atoms with E-state index >= 15 is 0 Å². The molecule has 0 amide bonds. The predicted molar refractivity (Wildman–Crippen MR) is 75.0 cm³/mol. The minimum Gasteiger partial charge on any atom is -0.274 e.